The summed E-state index contributed by atoms with van der Waals surface area (Å²) in [6.07, 6.45) is 3.83. The molecule has 0 bridgehead atoms. The van der Waals surface area contributed by atoms with Gasteiger partial charge in [-0.2, -0.15) is 0 Å². The van der Waals surface area contributed by atoms with Crippen molar-refractivity contribution in [1.29, 1.82) is 0 Å². The first-order valence-electron chi connectivity index (χ1n) is 19.1. The summed E-state index contributed by atoms with van der Waals surface area (Å²) in [5.41, 5.74) is 15.5. The van der Waals surface area contributed by atoms with Gasteiger partial charge in [0.05, 0.1) is 22.6 Å². The van der Waals surface area contributed by atoms with Crippen LogP contribution in [0, 0.1) is 13.8 Å². The SMILES string of the molecule is Cc1ccc(-c2ccc(-c3ccccc3-c3cc(B4OC(C)(C)C(C)(C)O4)cc(-c4ccccc4-c4ccc(-c5ccc(C)cn5)cc4)c3)cc2)nc1.S=S=S=S=S=S. The summed E-state index contributed by atoms with van der Waals surface area (Å²) in [7, 11) is 5.12. The van der Waals surface area contributed by atoms with Gasteiger partial charge in [-0.3, -0.25) is 9.97 Å². The Labute approximate surface area is 369 Å². The second-order valence-electron chi connectivity index (χ2n) is 15.4. The van der Waals surface area contributed by atoms with Gasteiger partial charge < -0.3 is 9.31 Å². The average Bonchev–Trinajstić information content (AvgIpc) is 3.49. The predicted octanol–water partition coefficient (Wildman–Crippen LogP) is 11.4. The fourth-order valence-electron chi connectivity index (χ4n) is 6.99. The van der Waals surface area contributed by atoms with Crippen molar-refractivity contribution in [3.05, 3.63) is 163 Å². The van der Waals surface area contributed by atoms with E-state index < -0.39 is 18.3 Å². The Bertz CT molecular complexity index is 2580. The molecule has 1 saturated heterocycles. The van der Waals surface area contributed by atoms with E-state index in [1.54, 1.807) is 0 Å². The van der Waals surface area contributed by atoms with Gasteiger partial charge in [0.2, 0.25) is 0 Å². The van der Waals surface area contributed by atoms with Gasteiger partial charge >= 0.3 is 7.12 Å². The van der Waals surface area contributed by atoms with E-state index in [2.05, 4.69) is 213 Å². The lowest BCUT2D eigenvalue weighted by molar-refractivity contribution is 0.00578. The number of hydrogen-bond acceptors (Lipinski definition) is 6. The fourth-order valence-corrected chi connectivity index (χ4v) is 12.5. The van der Waals surface area contributed by atoms with Gasteiger partial charge in [0.15, 0.2) is 0 Å². The van der Waals surface area contributed by atoms with E-state index >= 15 is 0 Å². The van der Waals surface area contributed by atoms with Crippen molar-refractivity contribution in [2.45, 2.75) is 52.7 Å². The molecular weight excluding hydrogens is 840 g/mol. The molecule has 3 heterocycles. The second kappa shape index (κ2) is 19.0. The van der Waals surface area contributed by atoms with Crippen molar-refractivity contribution in [2.75, 3.05) is 0 Å². The van der Waals surface area contributed by atoms with Crippen molar-refractivity contribution in [2.24, 2.45) is 0 Å². The molecule has 1 aliphatic heterocycles. The molecule has 1 aliphatic rings. The fraction of sp³-hybridized carbons (Fsp3) is 0.167. The first-order valence-corrected chi connectivity index (χ1v) is 25.8. The first kappa shape index (κ1) is 42.8. The Hall–Kier alpha value is -4.30. The van der Waals surface area contributed by atoms with E-state index in [-0.39, 0.29) is 0 Å². The zero-order chi connectivity index (χ0) is 41.6. The molecule has 0 radical (unpaired) electrons. The standard InChI is InChI=1S/C48H43BN2O2.S6/c1-32-15-25-45(50-30-32)36-21-17-34(18-22-36)41-11-7-9-13-43(41)38-27-39(29-40(28-38)49-52-47(3,4)48(5,6)53-49)44-14-10-8-12-42(44)35-19-23-37(24-20-35)46-26-16-33(2)31-51-46;1-3-5-6-4-2/h7-31H,1-6H3;. The maximum absolute atomic E-state index is 6.65. The quantitative estimate of drug-likeness (QED) is 0.149. The third-order valence-corrected chi connectivity index (χ3v) is 17.5. The molecule has 0 atom stereocenters. The number of rotatable bonds is 7. The maximum atomic E-state index is 6.65. The highest BCUT2D eigenvalue weighted by Gasteiger charge is 2.51. The molecule has 11 heteroatoms. The van der Waals surface area contributed by atoms with Crippen molar-refractivity contribution < 1.29 is 9.31 Å². The topological polar surface area (TPSA) is 44.2 Å². The summed E-state index contributed by atoms with van der Waals surface area (Å²) < 4.78 is 13.3. The van der Waals surface area contributed by atoms with Crippen LogP contribution in [0.3, 0.4) is 0 Å². The Morgan fingerprint density at radius 1 is 0.458 bits per heavy atom. The minimum absolute atomic E-state index is 0.467. The number of hydrogen-bond donors (Lipinski definition) is 0. The smallest absolute Gasteiger partial charge is 0.399 e. The number of nitrogens with zero attached hydrogens (tertiary/aromatic N) is 2. The monoisotopic (exact) mass is 882 g/mol. The van der Waals surface area contributed by atoms with E-state index in [0.717, 1.165) is 83.6 Å². The zero-order valence-electron chi connectivity index (χ0n) is 33.7. The minimum atomic E-state index is -0.513. The molecule has 0 unspecified atom stereocenters. The number of pyridine rings is 2. The van der Waals surface area contributed by atoms with Gasteiger partial charge in [0.25, 0.3) is 0 Å². The van der Waals surface area contributed by atoms with Crippen LogP contribution in [-0.2, 0) is 67.2 Å². The molecular formula is C48H43BN2O2S6. The van der Waals surface area contributed by atoms with Crippen molar-refractivity contribution in [3.8, 4) is 67.0 Å². The van der Waals surface area contributed by atoms with Gasteiger partial charge in [-0.1, -0.05) is 121 Å². The van der Waals surface area contributed by atoms with E-state index in [1.165, 1.54) is 35.5 Å². The van der Waals surface area contributed by atoms with Crippen molar-refractivity contribution in [1.82, 2.24) is 9.97 Å². The average molecular weight is 883 g/mol. The summed E-state index contributed by atoms with van der Waals surface area (Å²) in [5.74, 6) is 0. The van der Waals surface area contributed by atoms with Gasteiger partial charge in [-0.05, 0) is 121 Å². The molecule has 0 amide bonds. The van der Waals surface area contributed by atoms with Crippen LogP contribution < -0.4 is 5.46 Å². The Balaban J connectivity index is 0.000000820. The van der Waals surface area contributed by atoms with Crippen LogP contribution in [0.5, 0.6) is 0 Å². The van der Waals surface area contributed by atoms with E-state index in [1.807, 2.05) is 12.4 Å². The molecule has 0 aliphatic carbocycles. The molecule has 2 aromatic heterocycles. The largest absolute Gasteiger partial charge is 0.494 e. The first-order chi connectivity index (χ1) is 28.5. The number of benzene rings is 5. The molecule has 0 spiro atoms. The highest BCUT2D eigenvalue weighted by atomic mass is 33.3. The highest BCUT2D eigenvalue weighted by Crippen LogP contribution is 2.40. The van der Waals surface area contributed by atoms with Gasteiger partial charge in [-0.25, -0.2) is 0 Å². The van der Waals surface area contributed by atoms with Gasteiger partial charge in [0.1, 0.15) is 0 Å². The molecule has 0 saturated carbocycles. The summed E-state index contributed by atoms with van der Waals surface area (Å²) in [6, 6.07) is 49.8. The third kappa shape index (κ3) is 10.0. The normalized spacial score (nSPS) is 13.8. The molecule has 5 aromatic carbocycles. The Morgan fingerprint density at radius 2 is 0.814 bits per heavy atom. The molecule has 8 rings (SSSR count). The van der Waals surface area contributed by atoms with E-state index in [4.69, 9.17) is 9.31 Å². The lowest BCUT2D eigenvalue weighted by Crippen LogP contribution is -2.41. The summed E-state index contributed by atoms with van der Waals surface area (Å²) in [5, 5.41) is 0. The maximum Gasteiger partial charge on any atom is 0.494 e. The molecule has 296 valence electrons. The van der Waals surface area contributed by atoms with Crippen LogP contribution in [0.2, 0.25) is 0 Å². The second-order valence-corrected chi connectivity index (χ2v) is 22.5. The van der Waals surface area contributed by atoms with E-state index in [9.17, 15) is 0 Å². The highest BCUT2D eigenvalue weighted by molar-refractivity contribution is 8.64. The zero-order valence-corrected chi connectivity index (χ0v) is 38.6. The van der Waals surface area contributed by atoms with Crippen LogP contribution >= 0.6 is 0 Å². The lowest BCUT2D eigenvalue weighted by atomic mass is 9.75. The molecule has 1 fully saturated rings. The van der Waals surface area contributed by atoms with Gasteiger partial charge in [-0.15, -0.1) is 0 Å². The lowest BCUT2D eigenvalue weighted by Gasteiger charge is -2.32. The van der Waals surface area contributed by atoms with Crippen LogP contribution in [0.4, 0.5) is 0 Å². The van der Waals surface area contributed by atoms with Crippen molar-refractivity contribution >= 4 is 70.5 Å². The van der Waals surface area contributed by atoms with E-state index in [0.29, 0.717) is 0 Å². The van der Waals surface area contributed by atoms with Crippen LogP contribution in [0.1, 0.15) is 38.8 Å². The number of aryl methyl sites for hydroxylation is 2. The van der Waals surface area contributed by atoms with Crippen LogP contribution in [0.15, 0.2) is 152 Å². The van der Waals surface area contributed by atoms with Crippen molar-refractivity contribution in [3.63, 3.8) is 0 Å². The molecule has 0 N–H and O–H groups in total. The summed E-state index contributed by atoms with van der Waals surface area (Å²) >= 11 is 9.03. The minimum Gasteiger partial charge on any atom is -0.399 e. The Morgan fingerprint density at radius 3 is 1.15 bits per heavy atom. The van der Waals surface area contributed by atoms with Crippen LogP contribution in [0.25, 0.3) is 67.0 Å². The third-order valence-electron chi connectivity index (χ3n) is 10.8. The van der Waals surface area contributed by atoms with Crippen LogP contribution in [-0.4, -0.2) is 28.3 Å². The summed E-state index contributed by atoms with van der Waals surface area (Å²) in [4.78, 5) is 9.29. The molecule has 59 heavy (non-hydrogen) atoms. The predicted molar refractivity (Wildman–Crippen MR) is 264 cm³/mol. The molecule has 4 nitrogen and oxygen atoms in total. The molecule has 7 aromatic rings. The Kier molecular flexibility index (Phi) is 13.8. The summed E-state index contributed by atoms with van der Waals surface area (Å²) in [6.45, 7) is 12.5. The van der Waals surface area contributed by atoms with Gasteiger partial charge in [0, 0.05) is 81.4 Å². The number of aromatic nitrogens is 2.